The van der Waals surface area contributed by atoms with E-state index in [0.29, 0.717) is 5.02 Å². The Hall–Kier alpha value is -2.06. The summed E-state index contributed by atoms with van der Waals surface area (Å²) in [5, 5.41) is 9.43. The monoisotopic (exact) mass is 299 g/mol. The van der Waals surface area contributed by atoms with Crippen molar-refractivity contribution in [3.05, 3.63) is 69.8 Å². The van der Waals surface area contributed by atoms with E-state index in [1.165, 1.54) is 24.3 Å². The Morgan fingerprint density at radius 3 is 1.90 bits per heavy atom. The number of rotatable bonds is 2. The van der Waals surface area contributed by atoms with Crippen LogP contribution in [-0.4, -0.2) is 0 Å². The van der Waals surface area contributed by atoms with E-state index in [1.807, 2.05) is 0 Å². The largest absolute Gasteiger partial charge is 0.204 e. The number of nitriles is 1. The Bertz CT molecular complexity index is 666. The topological polar surface area (TPSA) is 23.8 Å². The first kappa shape index (κ1) is 14.4. The average Bonchev–Trinajstić information content (AvgIpc) is 2.43. The predicted octanol–water partition coefficient (Wildman–Crippen LogP) is 4.55. The highest BCUT2D eigenvalue weighted by atomic mass is 35.5. The van der Waals surface area contributed by atoms with Crippen molar-refractivity contribution < 1.29 is 17.6 Å². The summed E-state index contributed by atoms with van der Waals surface area (Å²) in [6.07, 6.45) is 0. The predicted molar refractivity (Wildman–Crippen MR) is 65.2 cm³/mol. The van der Waals surface area contributed by atoms with E-state index in [0.717, 1.165) is 0 Å². The maximum Gasteiger partial charge on any atom is 0.166 e. The average molecular weight is 300 g/mol. The smallest absolute Gasteiger partial charge is 0.166 e. The van der Waals surface area contributed by atoms with Gasteiger partial charge in [0.1, 0.15) is 5.92 Å². The molecule has 0 aliphatic rings. The van der Waals surface area contributed by atoms with E-state index in [-0.39, 0.29) is 11.6 Å². The molecule has 0 saturated carbocycles. The Kier molecular flexibility index (Phi) is 3.96. The van der Waals surface area contributed by atoms with Crippen molar-refractivity contribution in [2.24, 2.45) is 0 Å². The van der Waals surface area contributed by atoms with Gasteiger partial charge >= 0.3 is 0 Å². The van der Waals surface area contributed by atoms with Gasteiger partial charge in [-0.1, -0.05) is 23.7 Å². The van der Waals surface area contributed by atoms with Crippen LogP contribution >= 0.6 is 11.6 Å². The van der Waals surface area contributed by atoms with Gasteiger partial charge < -0.3 is 0 Å². The highest BCUT2D eigenvalue weighted by molar-refractivity contribution is 6.30. The summed E-state index contributed by atoms with van der Waals surface area (Å²) in [7, 11) is 0. The van der Waals surface area contributed by atoms with E-state index in [2.05, 4.69) is 0 Å². The molecular weight excluding hydrogens is 294 g/mol. The number of hydrogen-bond donors (Lipinski definition) is 0. The summed E-state index contributed by atoms with van der Waals surface area (Å²) in [6.45, 7) is 0. The molecule has 0 N–H and O–H groups in total. The molecule has 0 aliphatic heterocycles. The van der Waals surface area contributed by atoms with Crippen molar-refractivity contribution in [1.82, 2.24) is 0 Å². The second-order valence-electron chi connectivity index (χ2n) is 4.00. The van der Waals surface area contributed by atoms with E-state index in [9.17, 15) is 17.6 Å². The minimum absolute atomic E-state index is 0.102. The Morgan fingerprint density at radius 1 is 0.950 bits per heavy atom. The van der Waals surface area contributed by atoms with Crippen LogP contribution < -0.4 is 0 Å². The minimum Gasteiger partial charge on any atom is -0.204 e. The van der Waals surface area contributed by atoms with Gasteiger partial charge in [0.25, 0.3) is 0 Å². The molecule has 0 aromatic heterocycles. The molecule has 0 saturated heterocycles. The zero-order valence-electron chi connectivity index (χ0n) is 9.80. The number of nitrogens with zero attached hydrogens (tertiary/aromatic N) is 1. The van der Waals surface area contributed by atoms with E-state index in [4.69, 9.17) is 16.9 Å². The summed E-state index contributed by atoms with van der Waals surface area (Å²) in [5.41, 5.74) is -0.771. The first-order valence-electron chi connectivity index (χ1n) is 5.43. The van der Waals surface area contributed by atoms with Gasteiger partial charge in [0.2, 0.25) is 0 Å². The molecule has 0 heterocycles. The fourth-order valence-corrected chi connectivity index (χ4v) is 1.93. The molecule has 102 valence electrons. The number of halogens is 5. The van der Waals surface area contributed by atoms with Crippen LogP contribution in [-0.2, 0) is 0 Å². The molecule has 2 aromatic rings. The standard InChI is InChI=1S/C14H6ClF4N/c15-8-3-1-7(2-4-8)9(6-20)12-13(18)10(16)5-11(17)14(12)19/h1-5,9H. The Labute approximate surface area is 117 Å². The first-order chi connectivity index (χ1) is 9.45. The van der Waals surface area contributed by atoms with Gasteiger partial charge in [-0.2, -0.15) is 5.26 Å². The van der Waals surface area contributed by atoms with Gasteiger partial charge in [0.05, 0.1) is 11.6 Å². The maximum atomic E-state index is 13.7. The molecule has 2 rings (SSSR count). The van der Waals surface area contributed by atoms with Gasteiger partial charge in [-0.3, -0.25) is 0 Å². The molecule has 0 bridgehead atoms. The second-order valence-corrected chi connectivity index (χ2v) is 4.43. The molecule has 2 aromatic carbocycles. The lowest BCUT2D eigenvalue weighted by atomic mass is 9.91. The zero-order chi connectivity index (χ0) is 14.9. The molecule has 6 heteroatoms. The van der Waals surface area contributed by atoms with Crippen LogP contribution in [0.5, 0.6) is 0 Å². The molecule has 0 aliphatic carbocycles. The highest BCUT2D eigenvalue weighted by Gasteiger charge is 2.27. The van der Waals surface area contributed by atoms with Crippen LogP contribution in [0.15, 0.2) is 30.3 Å². The van der Waals surface area contributed by atoms with Crippen molar-refractivity contribution in [3.8, 4) is 6.07 Å². The molecule has 20 heavy (non-hydrogen) atoms. The van der Waals surface area contributed by atoms with Gasteiger partial charge in [0.15, 0.2) is 23.3 Å². The SMILES string of the molecule is N#CC(c1ccc(Cl)cc1)c1c(F)c(F)cc(F)c1F. The van der Waals surface area contributed by atoms with Gasteiger partial charge in [-0.25, -0.2) is 17.6 Å². The summed E-state index contributed by atoms with van der Waals surface area (Å²) in [5.74, 6) is -7.73. The third kappa shape index (κ3) is 2.47. The van der Waals surface area contributed by atoms with Gasteiger partial charge in [-0.05, 0) is 17.7 Å². The molecule has 1 unspecified atom stereocenters. The number of hydrogen-bond acceptors (Lipinski definition) is 1. The quantitative estimate of drug-likeness (QED) is 0.589. The van der Waals surface area contributed by atoms with Crippen LogP contribution in [0.1, 0.15) is 17.0 Å². The molecule has 1 nitrogen and oxygen atoms in total. The summed E-state index contributed by atoms with van der Waals surface area (Å²) >= 11 is 5.67. The fourth-order valence-electron chi connectivity index (χ4n) is 1.81. The van der Waals surface area contributed by atoms with Crippen molar-refractivity contribution in [3.63, 3.8) is 0 Å². The van der Waals surface area contributed by atoms with Crippen molar-refractivity contribution >= 4 is 11.6 Å². The van der Waals surface area contributed by atoms with Gasteiger partial charge in [0, 0.05) is 11.1 Å². The lowest BCUT2D eigenvalue weighted by molar-refractivity contribution is 0.438. The van der Waals surface area contributed by atoms with E-state index < -0.39 is 34.8 Å². The third-order valence-corrected chi connectivity index (χ3v) is 3.02. The maximum absolute atomic E-state index is 13.7. The second kappa shape index (κ2) is 5.51. The lowest BCUT2D eigenvalue weighted by Gasteiger charge is -2.13. The molecular formula is C14H6ClF4N. The summed E-state index contributed by atoms with van der Waals surface area (Å²) in [4.78, 5) is 0. The molecule has 0 fully saturated rings. The van der Waals surface area contributed by atoms with E-state index >= 15 is 0 Å². The third-order valence-electron chi connectivity index (χ3n) is 2.77. The zero-order valence-corrected chi connectivity index (χ0v) is 10.6. The van der Waals surface area contributed by atoms with Crippen molar-refractivity contribution in [2.75, 3.05) is 0 Å². The minimum atomic E-state index is -1.58. The van der Waals surface area contributed by atoms with Crippen LogP contribution in [0, 0.1) is 34.6 Å². The molecule has 0 spiro atoms. The Morgan fingerprint density at radius 2 is 1.45 bits per heavy atom. The Balaban J connectivity index is 2.64. The normalized spacial score (nSPS) is 12.0. The van der Waals surface area contributed by atoms with Crippen LogP contribution in [0.3, 0.4) is 0 Å². The van der Waals surface area contributed by atoms with E-state index in [1.54, 1.807) is 6.07 Å². The van der Waals surface area contributed by atoms with Crippen LogP contribution in [0.25, 0.3) is 0 Å². The highest BCUT2D eigenvalue weighted by Crippen LogP contribution is 2.31. The first-order valence-corrected chi connectivity index (χ1v) is 5.81. The summed E-state index contributed by atoms with van der Waals surface area (Å²) < 4.78 is 53.7. The lowest BCUT2D eigenvalue weighted by Crippen LogP contribution is -2.08. The number of benzene rings is 2. The fraction of sp³-hybridized carbons (Fsp3) is 0.0714. The molecule has 0 radical (unpaired) electrons. The van der Waals surface area contributed by atoms with Crippen LogP contribution in [0.2, 0.25) is 5.02 Å². The van der Waals surface area contributed by atoms with Crippen molar-refractivity contribution in [1.29, 1.82) is 5.26 Å². The van der Waals surface area contributed by atoms with Gasteiger partial charge in [-0.15, -0.1) is 0 Å². The molecule has 0 amide bonds. The van der Waals surface area contributed by atoms with Crippen molar-refractivity contribution in [2.45, 2.75) is 5.92 Å². The molecule has 1 atom stereocenters. The summed E-state index contributed by atoms with van der Waals surface area (Å²) in [6, 6.07) is 7.27. The van der Waals surface area contributed by atoms with Crippen LogP contribution in [0.4, 0.5) is 17.6 Å².